The number of ether oxygens (including phenoxy) is 1. The minimum Gasteiger partial charge on any atom is -0.379 e. The number of rotatable bonds is 4. The second kappa shape index (κ2) is 9.06. The summed E-state index contributed by atoms with van der Waals surface area (Å²) in [6, 6.07) is 0.924. The number of morpholine rings is 1. The molecule has 4 heterocycles. The van der Waals surface area contributed by atoms with Crippen LogP contribution >= 0.6 is 34.7 Å². The number of nitrogens with zero attached hydrogens (tertiary/aromatic N) is 4. The van der Waals surface area contributed by atoms with Gasteiger partial charge in [0.05, 0.1) is 30.3 Å². The second-order valence-corrected chi connectivity index (χ2v) is 10.3. The highest BCUT2D eigenvalue weighted by atomic mass is 35.5. The van der Waals surface area contributed by atoms with E-state index in [-0.39, 0.29) is 5.02 Å². The minimum atomic E-state index is -4.49. The largest absolute Gasteiger partial charge is 0.417 e. The van der Waals surface area contributed by atoms with Crippen molar-refractivity contribution >= 4 is 44.9 Å². The molecule has 1 aliphatic heterocycles. The van der Waals surface area contributed by atoms with Gasteiger partial charge in [0.1, 0.15) is 20.7 Å². The maximum Gasteiger partial charge on any atom is 0.417 e. The van der Waals surface area contributed by atoms with Crippen LogP contribution in [0.2, 0.25) is 5.02 Å². The van der Waals surface area contributed by atoms with Crippen molar-refractivity contribution in [2.24, 2.45) is 0 Å². The molecule has 170 valence electrons. The summed E-state index contributed by atoms with van der Waals surface area (Å²) >= 11 is 9.12. The van der Waals surface area contributed by atoms with Gasteiger partial charge >= 0.3 is 6.18 Å². The van der Waals surface area contributed by atoms with E-state index >= 15 is 0 Å². The quantitative estimate of drug-likeness (QED) is 0.433. The third-order valence-corrected chi connectivity index (χ3v) is 8.22. The van der Waals surface area contributed by atoms with E-state index in [0.29, 0.717) is 35.6 Å². The molecule has 0 spiro atoms. The molecular formula is C21H20ClF3N4OS2. The van der Waals surface area contributed by atoms with E-state index in [4.69, 9.17) is 26.3 Å². The van der Waals surface area contributed by atoms with Gasteiger partial charge in [0.15, 0.2) is 0 Å². The predicted molar refractivity (Wildman–Crippen MR) is 119 cm³/mol. The number of fused-ring (bicyclic) bond motifs is 3. The lowest BCUT2D eigenvalue weighted by atomic mass is 9.97. The summed E-state index contributed by atoms with van der Waals surface area (Å²) in [4.78, 5) is 18.2. The number of hydrogen-bond acceptors (Lipinski definition) is 7. The molecule has 5 nitrogen and oxygen atoms in total. The van der Waals surface area contributed by atoms with Crippen LogP contribution in [0, 0.1) is 0 Å². The first kappa shape index (κ1) is 22.3. The van der Waals surface area contributed by atoms with Crippen molar-refractivity contribution in [2.75, 3.05) is 26.3 Å². The molecule has 0 saturated carbocycles. The van der Waals surface area contributed by atoms with Crippen LogP contribution in [0.1, 0.15) is 34.7 Å². The van der Waals surface area contributed by atoms with Crippen LogP contribution in [0.25, 0.3) is 10.2 Å². The minimum absolute atomic E-state index is 0.0320. The van der Waals surface area contributed by atoms with E-state index in [0.717, 1.165) is 61.3 Å². The van der Waals surface area contributed by atoms with Gasteiger partial charge in [-0.05, 0) is 49.1 Å². The molecule has 3 aromatic heterocycles. The Morgan fingerprint density at radius 3 is 2.66 bits per heavy atom. The van der Waals surface area contributed by atoms with E-state index in [1.165, 1.54) is 22.2 Å². The van der Waals surface area contributed by atoms with Gasteiger partial charge in [-0.2, -0.15) is 13.2 Å². The average Bonchev–Trinajstić information content (AvgIpc) is 3.13. The van der Waals surface area contributed by atoms with Crippen molar-refractivity contribution in [1.82, 2.24) is 19.9 Å². The Hall–Kier alpha value is -1.46. The summed E-state index contributed by atoms with van der Waals surface area (Å²) < 4.78 is 44.5. The Bertz CT molecular complexity index is 1150. The van der Waals surface area contributed by atoms with Gasteiger partial charge in [0.2, 0.25) is 0 Å². The zero-order valence-corrected chi connectivity index (χ0v) is 19.4. The molecular weight excluding hydrogens is 481 g/mol. The van der Waals surface area contributed by atoms with Crippen molar-refractivity contribution < 1.29 is 17.9 Å². The zero-order valence-electron chi connectivity index (χ0n) is 17.0. The summed E-state index contributed by atoms with van der Waals surface area (Å²) in [5, 5.41) is 1.99. The van der Waals surface area contributed by atoms with Crippen molar-refractivity contribution in [3.05, 3.63) is 39.1 Å². The summed E-state index contributed by atoms with van der Waals surface area (Å²) in [6.07, 6.45) is 0.590. The van der Waals surface area contributed by atoms with Gasteiger partial charge in [-0.3, -0.25) is 4.90 Å². The second-order valence-electron chi connectivity index (χ2n) is 7.84. The summed E-state index contributed by atoms with van der Waals surface area (Å²) in [5.41, 5.74) is 0.403. The molecule has 0 N–H and O–H groups in total. The Labute approximate surface area is 196 Å². The number of thiophene rings is 1. The van der Waals surface area contributed by atoms with Gasteiger partial charge in [-0.1, -0.05) is 11.6 Å². The Morgan fingerprint density at radius 2 is 1.91 bits per heavy atom. The topological polar surface area (TPSA) is 51.1 Å². The Balaban J connectivity index is 1.54. The van der Waals surface area contributed by atoms with Gasteiger partial charge in [-0.15, -0.1) is 11.3 Å². The normalized spacial score (nSPS) is 17.6. The summed E-state index contributed by atoms with van der Waals surface area (Å²) in [6.45, 7) is 3.60. The van der Waals surface area contributed by atoms with Gasteiger partial charge in [-0.25, -0.2) is 15.0 Å². The Morgan fingerprint density at radius 1 is 1.12 bits per heavy atom. The highest BCUT2D eigenvalue weighted by Crippen LogP contribution is 2.43. The molecule has 32 heavy (non-hydrogen) atoms. The van der Waals surface area contributed by atoms with E-state index in [2.05, 4.69) is 9.88 Å². The third-order valence-electron chi connectivity index (χ3n) is 5.62. The number of alkyl halides is 3. The predicted octanol–water partition coefficient (Wildman–Crippen LogP) is 5.62. The fraction of sp³-hybridized carbons (Fsp3) is 0.476. The molecule has 0 radical (unpaired) electrons. The van der Waals surface area contributed by atoms with Crippen LogP contribution in [0.4, 0.5) is 13.2 Å². The number of pyridine rings is 1. The van der Waals surface area contributed by atoms with Crippen LogP contribution in [0.3, 0.4) is 0 Å². The highest BCUT2D eigenvalue weighted by molar-refractivity contribution is 7.99. The SMILES string of the molecule is FC(F)(F)c1cnc(Sc2nc(CN3CCOCC3)nc3sc4c(c23)CCCC4)c(Cl)c1. The number of aryl methyl sites for hydroxylation is 2. The highest BCUT2D eigenvalue weighted by Gasteiger charge is 2.32. The average molecular weight is 501 g/mol. The van der Waals surface area contributed by atoms with Crippen molar-refractivity contribution in [3.8, 4) is 0 Å². The molecule has 0 atom stereocenters. The van der Waals surface area contributed by atoms with Crippen LogP contribution in [0.15, 0.2) is 22.3 Å². The molecule has 1 saturated heterocycles. The van der Waals surface area contributed by atoms with E-state index in [1.54, 1.807) is 11.3 Å². The lowest BCUT2D eigenvalue weighted by Crippen LogP contribution is -2.36. The van der Waals surface area contributed by atoms with Gasteiger partial charge < -0.3 is 4.74 Å². The third kappa shape index (κ3) is 4.61. The number of hydrogen-bond donors (Lipinski definition) is 0. The fourth-order valence-corrected chi connectivity index (χ4v) is 6.56. The van der Waals surface area contributed by atoms with Gasteiger partial charge in [0, 0.05) is 29.5 Å². The van der Waals surface area contributed by atoms with Crippen molar-refractivity contribution in [3.63, 3.8) is 0 Å². The lowest BCUT2D eigenvalue weighted by molar-refractivity contribution is -0.137. The molecule has 1 fully saturated rings. The van der Waals surface area contributed by atoms with Crippen molar-refractivity contribution in [1.29, 1.82) is 0 Å². The first-order valence-corrected chi connectivity index (χ1v) is 12.4. The van der Waals surface area contributed by atoms with Crippen LogP contribution in [-0.4, -0.2) is 46.2 Å². The number of halogens is 4. The van der Waals surface area contributed by atoms with Crippen molar-refractivity contribution in [2.45, 2.75) is 48.5 Å². The standard InChI is InChI=1S/C21H20ClF3N4OS2/c22-14-9-12(21(23,24)25)10-26-18(14)32-20-17-13-3-1-2-4-15(13)31-19(17)27-16(28-20)11-29-5-7-30-8-6-29/h9-10H,1-8,11H2. The van der Waals surface area contributed by atoms with E-state index < -0.39 is 11.7 Å². The van der Waals surface area contributed by atoms with Crippen LogP contribution in [-0.2, 0) is 30.3 Å². The maximum absolute atomic E-state index is 13.0. The van der Waals surface area contributed by atoms with E-state index in [9.17, 15) is 13.2 Å². The molecule has 0 aromatic carbocycles. The lowest BCUT2D eigenvalue weighted by Gasteiger charge is -2.25. The molecule has 2 aliphatic rings. The molecule has 0 unspecified atom stereocenters. The fourth-order valence-electron chi connectivity index (χ4n) is 4.02. The molecule has 3 aromatic rings. The zero-order chi connectivity index (χ0) is 22.3. The molecule has 5 rings (SSSR count). The summed E-state index contributed by atoms with van der Waals surface area (Å²) in [7, 11) is 0. The monoisotopic (exact) mass is 500 g/mol. The first-order valence-electron chi connectivity index (χ1n) is 10.4. The molecule has 0 amide bonds. The smallest absolute Gasteiger partial charge is 0.379 e. The molecule has 0 bridgehead atoms. The van der Waals surface area contributed by atoms with Gasteiger partial charge in [0.25, 0.3) is 0 Å². The Kier molecular flexibility index (Phi) is 6.32. The van der Waals surface area contributed by atoms with Crippen LogP contribution < -0.4 is 0 Å². The summed E-state index contributed by atoms with van der Waals surface area (Å²) in [5.74, 6) is 0.698. The maximum atomic E-state index is 13.0. The van der Waals surface area contributed by atoms with Crippen LogP contribution in [0.5, 0.6) is 0 Å². The first-order chi connectivity index (χ1) is 15.4. The molecule has 1 aliphatic carbocycles. The molecule has 11 heteroatoms. The van der Waals surface area contributed by atoms with E-state index in [1.807, 2.05) is 0 Å². The number of aromatic nitrogens is 3.